The van der Waals surface area contributed by atoms with Crippen LogP contribution in [0.3, 0.4) is 0 Å². The van der Waals surface area contributed by atoms with Gasteiger partial charge in [0.25, 0.3) is 5.79 Å². The molecule has 0 aromatic heterocycles. The maximum absolute atomic E-state index is 11.7. The number of ether oxygens (including phenoxy) is 2. The van der Waals surface area contributed by atoms with Crippen molar-refractivity contribution in [1.29, 1.82) is 0 Å². The number of carbonyl (C=O) groups is 2. The zero-order chi connectivity index (χ0) is 16.5. The van der Waals surface area contributed by atoms with Crippen molar-refractivity contribution in [3.05, 3.63) is 24.3 Å². The van der Waals surface area contributed by atoms with Gasteiger partial charge in [-0.3, -0.25) is 14.6 Å². The Bertz CT molecular complexity index is 713. The number of benzene rings is 1. The molecule has 7 nitrogen and oxygen atoms in total. The van der Waals surface area contributed by atoms with E-state index in [1.54, 1.807) is 0 Å². The summed E-state index contributed by atoms with van der Waals surface area (Å²) in [4.78, 5) is 27.6. The van der Waals surface area contributed by atoms with Gasteiger partial charge in [0.05, 0.1) is 10.6 Å². The Morgan fingerprint density at radius 1 is 1.09 bits per heavy atom. The highest BCUT2D eigenvalue weighted by Crippen LogP contribution is 2.23. The summed E-state index contributed by atoms with van der Waals surface area (Å²) in [5.41, 5.74) is 0.401. The highest BCUT2D eigenvalue weighted by Gasteiger charge is 2.42. The molecular weight excluding hydrogens is 310 g/mol. The van der Waals surface area contributed by atoms with Crippen LogP contribution in [0.1, 0.15) is 13.8 Å². The SMILES string of the molecule is CC1(C)OC(=O)C(C=Nc2ccc(S(C)(=O)=O)cc2)C(=O)O1. The average Bonchev–Trinajstić information content (AvgIpc) is 2.35. The van der Waals surface area contributed by atoms with E-state index >= 15 is 0 Å². The molecule has 0 aliphatic carbocycles. The summed E-state index contributed by atoms with van der Waals surface area (Å²) in [5.74, 6) is -3.99. The van der Waals surface area contributed by atoms with Crippen LogP contribution in [-0.4, -0.2) is 38.6 Å². The molecular formula is C14H15NO6S. The summed E-state index contributed by atoms with van der Waals surface area (Å²) in [6, 6.07) is 5.72. The average molecular weight is 325 g/mol. The van der Waals surface area contributed by atoms with Gasteiger partial charge in [-0.1, -0.05) is 0 Å². The second-order valence-electron chi connectivity index (χ2n) is 5.26. The van der Waals surface area contributed by atoms with E-state index < -0.39 is 33.5 Å². The fraction of sp³-hybridized carbons (Fsp3) is 0.357. The smallest absolute Gasteiger partial charge is 0.329 e. The Morgan fingerprint density at radius 2 is 1.59 bits per heavy atom. The van der Waals surface area contributed by atoms with Crippen molar-refractivity contribution in [2.75, 3.05) is 6.26 Å². The molecule has 0 radical (unpaired) electrons. The van der Waals surface area contributed by atoms with Gasteiger partial charge in [-0.15, -0.1) is 0 Å². The maximum Gasteiger partial charge on any atom is 0.329 e. The quantitative estimate of drug-likeness (QED) is 0.471. The van der Waals surface area contributed by atoms with Crippen molar-refractivity contribution in [3.8, 4) is 0 Å². The summed E-state index contributed by atoms with van der Waals surface area (Å²) in [6.07, 6.45) is 2.22. The molecule has 22 heavy (non-hydrogen) atoms. The molecule has 1 aliphatic heterocycles. The van der Waals surface area contributed by atoms with Gasteiger partial charge >= 0.3 is 11.9 Å². The Morgan fingerprint density at radius 3 is 2.05 bits per heavy atom. The van der Waals surface area contributed by atoms with E-state index in [4.69, 9.17) is 9.47 Å². The zero-order valence-electron chi connectivity index (χ0n) is 12.3. The van der Waals surface area contributed by atoms with Crippen molar-refractivity contribution in [2.45, 2.75) is 24.5 Å². The van der Waals surface area contributed by atoms with E-state index in [0.29, 0.717) is 5.69 Å². The van der Waals surface area contributed by atoms with Crippen molar-refractivity contribution in [3.63, 3.8) is 0 Å². The van der Waals surface area contributed by atoms with Crippen molar-refractivity contribution < 1.29 is 27.5 Å². The molecule has 0 atom stereocenters. The lowest BCUT2D eigenvalue weighted by molar-refractivity contribution is -0.235. The van der Waals surface area contributed by atoms with Gasteiger partial charge in [0.2, 0.25) is 0 Å². The van der Waals surface area contributed by atoms with E-state index in [1.807, 2.05) is 0 Å². The predicted octanol–water partition coefficient (Wildman–Crippen LogP) is 1.24. The maximum atomic E-state index is 11.7. The van der Waals surface area contributed by atoms with Gasteiger partial charge in [-0.05, 0) is 24.3 Å². The van der Waals surface area contributed by atoms with E-state index in [0.717, 1.165) is 12.5 Å². The third-order valence-electron chi connectivity index (χ3n) is 2.84. The minimum Gasteiger partial charge on any atom is -0.422 e. The molecule has 0 saturated carbocycles. The Hall–Kier alpha value is -2.22. The summed E-state index contributed by atoms with van der Waals surface area (Å²) in [5, 5.41) is 0. The standard InChI is InChI=1S/C14H15NO6S/c1-14(2)20-12(16)11(13(17)21-14)8-15-9-4-6-10(7-5-9)22(3,18)19/h4-8,11H,1-3H3. The van der Waals surface area contributed by atoms with Crippen LogP contribution in [0.4, 0.5) is 5.69 Å². The van der Waals surface area contributed by atoms with Crippen LogP contribution in [0, 0.1) is 5.92 Å². The number of nitrogens with zero attached hydrogens (tertiary/aromatic N) is 1. The number of esters is 2. The van der Waals surface area contributed by atoms with Gasteiger partial charge in [0.15, 0.2) is 15.8 Å². The Labute approximate surface area is 127 Å². The van der Waals surface area contributed by atoms with Crippen molar-refractivity contribution >= 4 is 33.7 Å². The molecule has 0 bridgehead atoms. The van der Waals surface area contributed by atoms with E-state index in [2.05, 4.69) is 4.99 Å². The molecule has 118 valence electrons. The van der Waals surface area contributed by atoms with E-state index in [-0.39, 0.29) is 4.90 Å². The first-order valence-electron chi connectivity index (χ1n) is 6.38. The lowest BCUT2D eigenvalue weighted by atomic mass is 10.1. The van der Waals surface area contributed by atoms with Gasteiger partial charge in [0.1, 0.15) is 0 Å². The molecule has 2 rings (SSSR count). The number of carbonyl (C=O) groups excluding carboxylic acids is 2. The number of rotatable bonds is 3. The normalized spacial score (nSPS) is 19.0. The van der Waals surface area contributed by atoms with Crippen molar-refractivity contribution in [2.24, 2.45) is 10.9 Å². The number of aliphatic imine (C=N–C) groups is 1. The first kappa shape index (κ1) is 16.2. The molecule has 1 aliphatic rings. The van der Waals surface area contributed by atoms with Gasteiger partial charge < -0.3 is 9.47 Å². The second kappa shape index (κ2) is 5.53. The third kappa shape index (κ3) is 3.70. The lowest BCUT2D eigenvalue weighted by Crippen LogP contribution is -2.46. The van der Waals surface area contributed by atoms with Crippen LogP contribution in [0.25, 0.3) is 0 Å². The molecule has 0 unspecified atom stereocenters. The molecule has 1 fully saturated rings. The van der Waals surface area contributed by atoms with Gasteiger partial charge in [-0.2, -0.15) is 0 Å². The minimum atomic E-state index is -3.29. The number of hydrogen-bond acceptors (Lipinski definition) is 7. The van der Waals surface area contributed by atoms with Crippen LogP contribution >= 0.6 is 0 Å². The minimum absolute atomic E-state index is 0.157. The molecule has 0 amide bonds. The number of cyclic esters (lactones) is 2. The van der Waals surface area contributed by atoms with Crippen LogP contribution in [0.2, 0.25) is 0 Å². The first-order chi connectivity index (χ1) is 10.1. The predicted molar refractivity (Wildman–Crippen MR) is 77.5 cm³/mol. The number of sulfone groups is 1. The second-order valence-corrected chi connectivity index (χ2v) is 7.28. The molecule has 0 spiro atoms. The van der Waals surface area contributed by atoms with Gasteiger partial charge in [0, 0.05) is 26.3 Å². The third-order valence-corrected chi connectivity index (χ3v) is 3.97. The number of hydrogen-bond donors (Lipinski definition) is 0. The zero-order valence-corrected chi connectivity index (χ0v) is 13.1. The first-order valence-corrected chi connectivity index (χ1v) is 8.28. The van der Waals surface area contributed by atoms with E-state index in [1.165, 1.54) is 38.1 Å². The summed E-state index contributed by atoms with van der Waals surface area (Å²) < 4.78 is 32.6. The Balaban J connectivity index is 2.15. The van der Waals surface area contributed by atoms with Crippen LogP contribution in [0.15, 0.2) is 34.2 Å². The molecule has 1 heterocycles. The van der Waals surface area contributed by atoms with Gasteiger partial charge in [-0.25, -0.2) is 8.42 Å². The van der Waals surface area contributed by atoms with E-state index in [9.17, 15) is 18.0 Å². The molecule has 0 N–H and O–H groups in total. The van der Waals surface area contributed by atoms with Crippen molar-refractivity contribution in [1.82, 2.24) is 0 Å². The molecule has 1 saturated heterocycles. The monoisotopic (exact) mass is 325 g/mol. The topological polar surface area (TPSA) is 99.1 Å². The fourth-order valence-electron chi connectivity index (χ4n) is 1.79. The molecule has 1 aromatic rings. The molecule has 8 heteroatoms. The van der Waals surface area contributed by atoms with Crippen LogP contribution in [-0.2, 0) is 28.9 Å². The Kier molecular flexibility index (Phi) is 4.06. The summed E-state index contributed by atoms with van der Waals surface area (Å²) in [6.45, 7) is 2.92. The van der Waals surface area contributed by atoms with Crippen LogP contribution in [0.5, 0.6) is 0 Å². The fourth-order valence-corrected chi connectivity index (χ4v) is 2.42. The van der Waals surface area contributed by atoms with Crippen LogP contribution < -0.4 is 0 Å². The summed E-state index contributed by atoms with van der Waals surface area (Å²) in [7, 11) is -3.29. The highest BCUT2D eigenvalue weighted by molar-refractivity contribution is 7.90. The lowest BCUT2D eigenvalue weighted by Gasteiger charge is -2.31. The highest BCUT2D eigenvalue weighted by atomic mass is 32.2. The largest absolute Gasteiger partial charge is 0.422 e. The summed E-state index contributed by atoms with van der Waals surface area (Å²) >= 11 is 0. The molecule has 1 aromatic carbocycles.